The molecule has 0 radical (unpaired) electrons. The normalized spacial score (nSPS) is 10.5. The van der Waals surface area contributed by atoms with Crippen LogP contribution in [0.25, 0.3) is 0 Å². The fraction of sp³-hybridized carbons (Fsp3) is 0.133. The second kappa shape index (κ2) is 5.64. The van der Waals surface area contributed by atoms with Crippen LogP contribution in [0.2, 0.25) is 10.0 Å². The van der Waals surface area contributed by atoms with Crippen molar-refractivity contribution in [1.82, 2.24) is 0 Å². The average molecular weight is 295 g/mol. The number of halogens is 2. The van der Waals surface area contributed by atoms with Crippen LogP contribution in [0.5, 0.6) is 0 Å². The van der Waals surface area contributed by atoms with E-state index in [-0.39, 0.29) is 5.56 Å². The van der Waals surface area contributed by atoms with Crippen molar-refractivity contribution < 1.29 is 9.90 Å². The summed E-state index contributed by atoms with van der Waals surface area (Å²) in [7, 11) is 0. The Balaban J connectivity index is 2.48. The van der Waals surface area contributed by atoms with Crippen LogP contribution >= 0.6 is 23.2 Å². The van der Waals surface area contributed by atoms with Gasteiger partial charge in [0.25, 0.3) is 0 Å². The quantitative estimate of drug-likeness (QED) is 0.899. The molecule has 0 aliphatic carbocycles. The molecule has 0 spiro atoms. The minimum absolute atomic E-state index is 0.274. The first kappa shape index (κ1) is 13.9. The van der Waals surface area contributed by atoms with Crippen molar-refractivity contribution >= 4 is 29.2 Å². The fourth-order valence-corrected chi connectivity index (χ4v) is 2.45. The number of benzene rings is 2. The van der Waals surface area contributed by atoms with Crippen LogP contribution in [0.3, 0.4) is 0 Å². The number of rotatable bonds is 3. The number of aromatic carboxylic acids is 1. The first-order chi connectivity index (χ1) is 9.00. The fourth-order valence-electron chi connectivity index (χ4n) is 1.95. The molecule has 1 N–H and O–H groups in total. The molecule has 0 unspecified atom stereocenters. The summed E-state index contributed by atoms with van der Waals surface area (Å²) in [4.78, 5) is 11.2. The second-order valence-electron chi connectivity index (χ2n) is 4.30. The lowest BCUT2D eigenvalue weighted by Crippen LogP contribution is -2.03. The van der Waals surface area contributed by atoms with Gasteiger partial charge in [-0.1, -0.05) is 47.5 Å². The molecular weight excluding hydrogens is 283 g/mol. The second-order valence-corrected chi connectivity index (χ2v) is 5.08. The molecule has 0 aromatic heterocycles. The number of carbonyl (C=O) groups is 1. The first-order valence-electron chi connectivity index (χ1n) is 5.75. The summed E-state index contributed by atoms with van der Waals surface area (Å²) >= 11 is 12.4. The van der Waals surface area contributed by atoms with E-state index >= 15 is 0 Å². The highest BCUT2D eigenvalue weighted by Crippen LogP contribution is 2.30. The lowest BCUT2D eigenvalue weighted by Gasteiger charge is -2.11. The third-order valence-electron chi connectivity index (χ3n) is 2.99. The van der Waals surface area contributed by atoms with Gasteiger partial charge >= 0.3 is 5.97 Å². The van der Waals surface area contributed by atoms with Crippen molar-refractivity contribution in [2.75, 3.05) is 0 Å². The van der Waals surface area contributed by atoms with Crippen LogP contribution in [-0.4, -0.2) is 11.1 Å². The zero-order valence-electron chi connectivity index (χ0n) is 10.3. The number of carboxylic acids is 1. The van der Waals surface area contributed by atoms with E-state index in [1.165, 1.54) is 0 Å². The van der Waals surface area contributed by atoms with E-state index in [2.05, 4.69) is 0 Å². The van der Waals surface area contributed by atoms with E-state index in [1.807, 2.05) is 13.0 Å². The lowest BCUT2D eigenvalue weighted by molar-refractivity contribution is 0.0696. The molecule has 2 rings (SSSR count). The zero-order chi connectivity index (χ0) is 14.0. The van der Waals surface area contributed by atoms with Gasteiger partial charge in [-0.05, 0) is 35.7 Å². The van der Waals surface area contributed by atoms with Crippen molar-refractivity contribution in [3.63, 3.8) is 0 Å². The molecule has 2 aromatic carbocycles. The average Bonchev–Trinajstić information content (AvgIpc) is 2.39. The van der Waals surface area contributed by atoms with Gasteiger partial charge in [0.05, 0.1) is 5.56 Å². The Morgan fingerprint density at radius 3 is 2.53 bits per heavy atom. The molecule has 4 heteroatoms. The first-order valence-corrected chi connectivity index (χ1v) is 6.51. The Kier molecular flexibility index (Phi) is 4.13. The van der Waals surface area contributed by atoms with Crippen molar-refractivity contribution in [1.29, 1.82) is 0 Å². The third-order valence-corrected chi connectivity index (χ3v) is 3.87. The van der Waals surface area contributed by atoms with Crippen molar-refractivity contribution in [2.45, 2.75) is 13.3 Å². The summed E-state index contributed by atoms with van der Waals surface area (Å²) in [6.45, 7) is 1.89. The Bertz CT molecular complexity index is 636. The van der Waals surface area contributed by atoms with Crippen LogP contribution in [0.4, 0.5) is 0 Å². The van der Waals surface area contributed by atoms with Gasteiger partial charge in [-0.3, -0.25) is 0 Å². The smallest absolute Gasteiger partial charge is 0.335 e. The molecular formula is C15H12Cl2O2. The SMILES string of the molecule is Cc1ccc(Cl)c(Cc2ccccc2C(=O)O)c1Cl. The number of hydrogen-bond acceptors (Lipinski definition) is 1. The molecule has 2 aromatic rings. The maximum absolute atomic E-state index is 11.2. The van der Waals surface area contributed by atoms with E-state index in [0.29, 0.717) is 22.0 Å². The summed E-state index contributed by atoms with van der Waals surface area (Å²) in [6, 6.07) is 10.5. The molecule has 0 amide bonds. The summed E-state index contributed by atoms with van der Waals surface area (Å²) in [5.41, 5.74) is 2.66. The van der Waals surface area contributed by atoms with E-state index in [4.69, 9.17) is 23.2 Å². The molecule has 0 bridgehead atoms. The number of hydrogen-bond donors (Lipinski definition) is 1. The van der Waals surface area contributed by atoms with Crippen LogP contribution < -0.4 is 0 Å². The molecule has 0 atom stereocenters. The van der Waals surface area contributed by atoms with Gasteiger partial charge in [0.2, 0.25) is 0 Å². The van der Waals surface area contributed by atoms with Gasteiger partial charge in [0.15, 0.2) is 0 Å². The van der Waals surface area contributed by atoms with Gasteiger partial charge in [-0.2, -0.15) is 0 Å². The molecule has 0 heterocycles. The maximum atomic E-state index is 11.2. The predicted molar refractivity (Wildman–Crippen MR) is 77.4 cm³/mol. The largest absolute Gasteiger partial charge is 0.478 e. The van der Waals surface area contributed by atoms with Gasteiger partial charge in [0, 0.05) is 16.5 Å². The summed E-state index contributed by atoms with van der Waals surface area (Å²) in [5, 5.41) is 10.3. The lowest BCUT2D eigenvalue weighted by atomic mass is 9.98. The third kappa shape index (κ3) is 2.91. The van der Waals surface area contributed by atoms with Gasteiger partial charge in [-0.15, -0.1) is 0 Å². The standard InChI is InChI=1S/C15H12Cl2O2/c1-9-6-7-13(16)12(14(9)17)8-10-4-2-3-5-11(10)15(18)19/h2-7H,8H2,1H3,(H,18,19). The maximum Gasteiger partial charge on any atom is 0.335 e. The van der Waals surface area contributed by atoms with Crippen molar-refractivity contribution in [3.05, 3.63) is 68.7 Å². The van der Waals surface area contributed by atoms with Crippen molar-refractivity contribution in [3.8, 4) is 0 Å². The highest BCUT2D eigenvalue weighted by atomic mass is 35.5. The number of aryl methyl sites for hydroxylation is 1. The summed E-state index contributed by atoms with van der Waals surface area (Å²) < 4.78 is 0. The Labute approximate surface area is 121 Å². The minimum atomic E-state index is -0.949. The number of carboxylic acid groups (broad SMARTS) is 1. The van der Waals surface area contributed by atoms with Crippen LogP contribution in [0, 0.1) is 6.92 Å². The van der Waals surface area contributed by atoms with Crippen LogP contribution in [0.1, 0.15) is 27.0 Å². The molecule has 98 valence electrons. The van der Waals surface area contributed by atoms with Crippen molar-refractivity contribution in [2.24, 2.45) is 0 Å². The highest BCUT2D eigenvalue weighted by molar-refractivity contribution is 6.36. The summed E-state index contributed by atoms with van der Waals surface area (Å²) in [6.07, 6.45) is 0.405. The molecule has 0 aliphatic rings. The van der Waals surface area contributed by atoms with E-state index in [1.54, 1.807) is 30.3 Å². The topological polar surface area (TPSA) is 37.3 Å². The molecule has 19 heavy (non-hydrogen) atoms. The Morgan fingerprint density at radius 1 is 1.16 bits per heavy atom. The van der Waals surface area contributed by atoms with Gasteiger partial charge in [-0.25, -0.2) is 4.79 Å². The highest BCUT2D eigenvalue weighted by Gasteiger charge is 2.14. The molecule has 0 saturated carbocycles. The Hall–Kier alpha value is -1.51. The molecule has 0 saturated heterocycles. The predicted octanol–water partition coefficient (Wildman–Crippen LogP) is 4.59. The van der Waals surface area contributed by atoms with E-state index < -0.39 is 5.97 Å². The monoisotopic (exact) mass is 294 g/mol. The molecule has 0 aliphatic heterocycles. The minimum Gasteiger partial charge on any atom is -0.478 e. The summed E-state index contributed by atoms with van der Waals surface area (Å²) in [5.74, 6) is -0.949. The van der Waals surface area contributed by atoms with Gasteiger partial charge < -0.3 is 5.11 Å². The van der Waals surface area contributed by atoms with Crippen LogP contribution in [0.15, 0.2) is 36.4 Å². The van der Waals surface area contributed by atoms with Crippen LogP contribution in [-0.2, 0) is 6.42 Å². The molecule has 0 fully saturated rings. The molecule has 2 nitrogen and oxygen atoms in total. The van der Waals surface area contributed by atoms with E-state index in [9.17, 15) is 9.90 Å². The van der Waals surface area contributed by atoms with Gasteiger partial charge in [0.1, 0.15) is 0 Å². The zero-order valence-corrected chi connectivity index (χ0v) is 11.8. The Morgan fingerprint density at radius 2 is 1.84 bits per heavy atom. The van der Waals surface area contributed by atoms with E-state index in [0.717, 1.165) is 11.1 Å².